The van der Waals surface area contributed by atoms with E-state index in [0.29, 0.717) is 12.5 Å². The van der Waals surface area contributed by atoms with E-state index >= 15 is 0 Å². The molecule has 17 heavy (non-hydrogen) atoms. The van der Waals surface area contributed by atoms with Crippen LogP contribution in [0.2, 0.25) is 0 Å². The van der Waals surface area contributed by atoms with Crippen LogP contribution in [-0.4, -0.2) is 12.3 Å². The number of unbranched alkanes of at least 4 members (excludes halogenated alkanes) is 1. The Kier molecular flexibility index (Phi) is 4.13. The molecule has 1 aromatic carbocycles. The molecule has 2 nitrogen and oxygen atoms in total. The lowest BCUT2D eigenvalue weighted by Crippen LogP contribution is -2.05. The lowest BCUT2D eigenvalue weighted by Gasteiger charge is -2.05. The van der Waals surface area contributed by atoms with Crippen molar-refractivity contribution < 1.29 is 9.23 Å². The number of hydrogen-bond acceptors (Lipinski definition) is 2. The number of benzene rings is 1. The lowest BCUT2D eigenvalue weighted by molar-refractivity contribution is 0.140. The molecule has 0 aromatic heterocycles. The molecular weight excluding hydrogens is 217 g/mol. The van der Waals surface area contributed by atoms with Gasteiger partial charge in [-0.3, -0.25) is 0 Å². The minimum atomic E-state index is -0.212. The third-order valence-corrected chi connectivity index (χ3v) is 2.86. The molecule has 1 aliphatic carbocycles. The van der Waals surface area contributed by atoms with Crippen LogP contribution in [-0.2, 0) is 4.84 Å². The van der Waals surface area contributed by atoms with E-state index in [9.17, 15) is 4.39 Å². The predicted molar refractivity (Wildman–Crippen MR) is 66.5 cm³/mol. The van der Waals surface area contributed by atoms with Crippen molar-refractivity contribution >= 4 is 5.71 Å². The first-order valence-corrected chi connectivity index (χ1v) is 6.27. The minimum absolute atomic E-state index is 0.212. The number of halogens is 1. The lowest BCUT2D eigenvalue weighted by atomic mass is 10.1. The van der Waals surface area contributed by atoms with Gasteiger partial charge in [-0.1, -0.05) is 30.6 Å². The van der Waals surface area contributed by atoms with E-state index in [1.165, 1.54) is 12.1 Å². The van der Waals surface area contributed by atoms with Gasteiger partial charge < -0.3 is 4.84 Å². The zero-order chi connectivity index (χ0) is 12.1. The largest absolute Gasteiger partial charge is 0.396 e. The molecule has 0 N–H and O–H groups in total. The Morgan fingerprint density at radius 2 is 2.06 bits per heavy atom. The van der Waals surface area contributed by atoms with Gasteiger partial charge in [0.05, 0.1) is 5.71 Å². The van der Waals surface area contributed by atoms with E-state index in [1.807, 2.05) is 0 Å². The van der Waals surface area contributed by atoms with Gasteiger partial charge in [0.25, 0.3) is 0 Å². The number of rotatable bonds is 6. The molecule has 92 valence electrons. The first-order chi connectivity index (χ1) is 8.31. The van der Waals surface area contributed by atoms with Crippen molar-refractivity contribution in [2.24, 2.45) is 11.1 Å². The molecule has 0 radical (unpaired) electrons. The van der Waals surface area contributed by atoms with Crippen LogP contribution in [0.4, 0.5) is 4.39 Å². The highest BCUT2D eigenvalue weighted by atomic mass is 19.1. The molecule has 1 fully saturated rings. The molecule has 2 rings (SSSR count). The van der Waals surface area contributed by atoms with Gasteiger partial charge in [0.1, 0.15) is 12.4 Å². The summed E-state index contributed by atoms with van der Waals surface area (Å²) in [4.78, 5) is 5.32. The molecule has 0 atom stereocenters. The van der Waals surface area contributed by atoms with E-state index in [1.54, 1.807) is 12.1 Å². The highest BCUT2D eigenvalue weighted by Crippen LogP contribution is 2.33. The monoisotopic (exact) mass is 235 g/mol. The summed E-state index contributed by atoms with van der Waals surface area (Å²) in [5.74, 6) is 0.290. The van der Waals surface area contributed by atoms with E-state index in [0.717, 1.165) is 37.0 Å². The van der Waals surface area contributed by atoms with Gasteiger partial charge in [-0.15, -0.1) is 0 Å². The Balaban J connectivity index is 2.03. The maximum atomic E-state index is 12.8. The zero-order valence-corrected chi connectivity index (χ0v) is 10.2. The maximum Gasteiger partial charge on any atom is 0.123 e. The summed E-state index contributed by atoms with van der Waals surface area (Å²) in [5, 5.41) is 4.22. The third-order valence-electron chi connectivity index (χ3n) is 2.86. The highest BCUT2D eigenvalue weighted by Gasteiger charge is 2.29. The summed E-state index contributed by atoms with van der Waals surface area (Å²) in [7, 11) is 0. The van der Waals surface area contributed by atoms with E-state index in [-0.39, 0.29) is 5.82 Å². The van der Waals surface area contributed by atoms with Crippen LogP contribution >= 0.6 is 0 Å². The highest BCUT2D eigenvalue weighted by molar-refractivity contribution is 6.03. The zero-order valence-electron chi connectivity index (χ0n) is 10.2. The maximum absolute atomic E-state index is 12.8. The van der Waals surface area contributed by atoms with Crippen LogP contribution in [0.3, 0.4) is 0 Å². The fourth-order valence-electron chi connectivity index (χ4n) is 1.66. The van der Waals surface area contributed by atoms with E-state index in [4.69, 9.17) is 4.84 Å². The fourth-order valence-corrected chi connectivity index (χ4v) is 1.66. The van der Waals surface area contributed by atoms with Gasteiger partial charge >= 0.3 is 0 Å². The molecule has 0 aliphatic heterocycles. The summed E-state index contributed by atoms with van der Waals surface area (Å²) < 4.78 is 12.8. The molecule has 0 unspecified atom stereocenters. The summed E-state index contributed by atoms with van der Waals surface area (Å²) >= 11 is 0. The van der Waals surface area contributed by atoms with E-state index in [2.05, 4.69) is 12.1 Å². The fraction of sp³-hybridized carbons (Fsp3) is 0.500. The second kappa shape index (κ2) is 5.80. The average Bonchev–Trinajstić information content (AvgIpc) is 3.15. The first-order valence-electron chi connectivity index (χ1n) is 6.27. The standard InChI is InChI=1S/C14H18FNO/c1-2-3-10-17-16-14(11-4-5-11)12-6-8-13(15)9-7-12/h6-9,11H,2-5,10H2,1H3/b16-14+. The van der Waals surface area contributed by atoms with Crippen molar-refractivity contribution in [2.75, 3.05) is 6.61 Å². The molecule has 0 saturated heterocycles. The van der Waals surface area contributed by atoms with Gasteiger partial charge in [0.15, 0.2) is 0 Å². The topological polar surface area (TPSA) is 21.6 Å². The molecule has 0 spiro atoms. The van der Waals surface area contributed by atoms with Crippen LogP contribution in [0.25, 0.3) is 0 Å². The van der Waals surface area contributed by atoms with Gasteiger partial charge in [0.2, 0.25) is 0 Å². The molecule has 0 heterocycles. The van der Waals surface area contributed by atoms with Crippen molar-refractivity contribution in [3.8, 4) is 0 Å². The van der Waals surface area contributed by atoms with Gasteiger partial charge in [-0.2, -0.15) is 0 Å². The van der Waals surface area contributed by atoms with Crippen LogP contribution < -0.4 is 0 Å². The summed E-state index contributed by atoms with van der Waals surface area (Å²) in [6.45, 7) is 2.78. The molecule has 3 heteroatoms. The molecule has 0 amide bonds. The van der Waals surface area contributed by atoms with Crippen molar-refractivity contribution in [3.05, 3.63) is 35.6 Å². The normalized spacial score (nSPS) is 16.0. The van der Waals surface area contributed by atoms with Crippen LogP contribution in [0.15, 0.2) is 29.4 Å². The summed E-state index contributed by atoms with van der Waals surface area (Å²) in [6, 6.07) is 6.49. The number of nitrogens with zero attached hydrogens (tertiary/aromatic N) is 1. The molecule has 1 aromatic rings. The Bertz CT molecular complexity index is 382. The summed E-state index contributed by atoms with van der Waals surface area (Å²) in [5.41, 5.74) is 1.95. The Morgan fingerprint density at radius 1 is 1.35 bits per heavy atom. The molecular formula is C14H18FNO. The average molecular weight is 235 g/mol. The van der Waals surface area contributed by atoms with Gasteiger partial charge in [-0.05, 0) is 37.0 Å². The van der Waals surface area contributed by atoms with Crippen LogP contribution in [0.5, 0.6) is 0 Å². The first kappa shape index (κ1) is 12.1. The van der Waals surface area contributed by atoms with Crippen LogP contribution in [0.1, 0.15) is 38.2 Å². The molecule has 0 bridgehead atoms. The summed E-state index contributed by atoms with van der Waals surface area (Å²) in [6.07, 6.45) is 4.44. The Morgan fingerprint density at radius 3 is 2.65 bits per heavy atom. The predicted octanol–water partition coefficient (Wildman–Crippen LogP) is 3.76. The van der Waals surface area contributed by atoms with Crippen molar-refractivity contribution in [1.29, 1.82) is 0 Å². The Hall–Kier alpha value is -1.38. The van der Waals surface area contributed by atoms with Gasteiger partial charge in [-0.25, -0.2) is 4.39 Å². The quantitative estimate of drug-likeness (QED) is 0.418. The SMILES string of the molecule is CCCCO/N=C(/c1ccc(F)cc1)C1CC1. The van der Waals surface area contributed by atoms with Crippen LogP contribution in [0, 0.1) is 11.7 Å². The number of oxime groups is 1. The van der Waals surface area contributed by atoms with E-state index < -0.39 is 0 Å². The Labute approximate surface area is 101 Å². The second-order valence-electron chi connectivity index (χ2n) is 4.44. The van der Waals surface area contributed by atoms with Crippen molar-refractivity contribution in [2.45, 2.75) is 32.6 Å². The van der Waals surface area contributed by atoms with Gasteiger partial charge in [0, 0.05) is 5.92 Å². The third kappa shape index (κ3) is 3.55. The molecule has 1 aliphatic rings. The number of hydrogen-bond donors (Lipinski definition) is 0. The van der Waals surface area contributed by atoms with Crippen molar-refractivity contribution in [3.63, 3.8) is 0 Å². The van der Waals surface area contributed by atoms with Crippen molar-refractivity contribution in [1.82, 2.24) is 0 Å². The molecule has 1 saturated carbocycles. The minimum Gasteiger partial charge on any atom is -0.396 e. The smallest absolute Gasteiger partial charge is 0.123 e. The second-order valence-corrected chi connectivity index (χ2v) is 4.44.